The van der Waals surface area contributed by atoms with Crippen LogP contribution in [0.25, 0.3) is 5.69 Å². The minimum absolute atomic E-state index is 0. The highest BCUT2D eigenvalue weighted by Gasteiger charge is 2.05. The fraction of sp³-hybridized carbons (Fsp3) is 0.111. The van der Waals surface area contributed by atoms with Gasteiger partial charge in [-0.1, -0.05) is 11.3 Å². The standard InChI is InChI=1S/C9H9FN4.ClH/c10-8-2-1-7(6-11)9(5-8)14-4-3-12-13-14;/h1-5H,6,11H2;1H. The van der Waals surface area contributed by atoms with Gasteiger partial charge in [-0.15, -0.1) is 17.5 Å². The number of hydrogen-bond donors (Lipinski definition) is 1. The van der Waals surface area contributed by atoms with Crippen molar-refractivity contribution in [1.29, 1.82) is 0 Å². The van der Waals surface area contributed by atoms with Crippen LogP contribution >= 0.6 is 12.4 Å². The summed E-state index contributed by atoms with van der Waals surface area (Å²) < 4.78 is 14.5. The Morgan fingerprint density at radius 3 is 2.80 bits per heavy atom. The van der Waals surface area contributed by atoms with Gasteiger partial charge in [0.15, 0.2) is 0 Å². The monoisotopic (exact) mass is 228 g/mol. The summed E-state index contributed by atoms with van der Waals surface area (Å²) in [7, 11) is 0. The second-order valence-corrected chi connectivity index (χ2v) is 2.82. The first-order valence-corrected chi connectivity index (χ1v) is 4.16. The van der Waals surface area contributed by atoms with Crippen LogP contribution in [0.3, 0.4) is 0 Å². The molecule has 4 nitrogen and oxygen atoms in total. The Labute approximate surface area is 92.3 Å². The number of benzene rings is 1. The molecule has 0 radical (unpaired) electrons. The first kappa shape index (κ1) is 11.6. The maximum absolute atomic E-state index is 13.0. The molecule has 2 rings (SSSR count). The Morgan fingerprint density at radius 2 is 2.20 bits per heavy atom. The van der Waals surface area contributed by atoms with Crippen molar-refractivity contribution >= 4 is 12.4 Å². The second-order valence-electron chi connectivity index (χ2n) is 2.82. The van der Waals surface area contributed by atoms with Crippen LogP contribution < -0.4 is 5.73 Å². The average molecular weight is 229 g/mol. The highest BCUT2D eigenvalue weighted by atomic mass is 35.5. The van der Waals surface area contributed by atoms with Gasteiger partial charge in [-0.3, -0.25) is 0 Å². The lowest BCUT2D eigenvalue weighted by molar-refractivity contribution is 0.623. The zero-order chi connectivity index (χ0) is 9.97. The van der Waals surface area contributed by atoms with Crippen molar-refractivity contribution in [3.63, 3.8) is 0 Å². The molecule has 2 aromatic rings. The number of nitrogens with two attached hydrogens (primary N) is 1. The van der Waals surface area contributed by atoms with Gasteiger partial charge in [-0.25, -0.2) is 9.07 Å². The zero-order valence-corrected chi connectivity index (χ0v) is 8.62. The van der Waals surface area contributed by atoms with Crippen LogP contribution in [0.2, 0.25) is 0 Å². The molecule has 0 saturated heterocycles. The average Bonchev–Trinajstić information content (AvgIpc) is 2.70. The topological polar surface area (TPSA) is 56.7 Å². The molecule has 0 aliphatic heterocycles. The van der Waals surface area contributed by atoms with Crippen LogP contribution in [0.4, 0.5) is 4.39 Å². The summed E-state index contributed by atoms with van der Waals surface area (Å²) >= 11 is 0. The molecule has 0 atom stereocenters. The van der Waals surface area contributed by atoms with Crippen LogP contribution in [0.5, 0.6) is 0 Å². The van der Waals surface area contributed by atoms with Gasteiger partial charge in [-0.05, 0) is 17.7 Å². The smallest absolute Gasteiger partial charge is 0.125 e. The van der Waals surface area contributed by atoms with Crippen molar-refractivity contribution in [2.75, 3.05) is 0 Å². The molecule has 15 heavy (non-hydrogen) atoms. The van der Waals surface area contributed by atoms with E-state index in [1.807, 2.05) is 0 Å². The van der Waals surface area contributed by atoms with Gasteiger partial charge in [0.05, 0.1) is 18.1 Å². The van der Waals surface area contributed by atoms with E-state index in [1.165, 1.54) is 23.0 Å². The maximum Gasteiger partial charge on any atom is 0.125 e. The van der Waals surface area contributed by atoms with Gasteiger partial charge in [0.1, 0.15) is 5.82 Å². The van der Waals surface area contributed by atoms with Gasteiger partial charge in [-0.2, -0.15) is 0 Å². The van der Waals surface area contributed by atoms with Crippen molar-refractivity contribution in [2.24, 2.45) is 5.73 Å². The predicted octanol–water partition coefficient (Wildman–Crippen LogP) is 1.29. The summed E-state index contributed by atoms with van der Waals surface area (Å²) in [4.78, 5) is 0. The lowest BCUT2D eigenvalue weighted by Crippen LogP contribution is -2.05. The third-order valence-corrected chi connectivity index (χ3v) is 1.94. The normalized spacial score (nSPS) is 9.73. The fourth-order valence-corrected chi connectivity index (χ4v) is 1.26. The Balaban J connectivity index is 0.00000112. The van der Waals surface area contributed by atoms with E-state index < -0.39 is 0 Å². The minimum Gasteiger partial charge on any atom is -0.326 e. The molecule has 0 aliphatic rings. The van der Waals surface area contributed by atoms with Crippen molar-refractivity contribution in [3.8, 4) is 5.69 Å². The first-order chi connectivity index (χ1) is 6.81. The summed E-state index contributed by atoms with van der Waals surface area (Å²) in [6.45, 7) is 0.343. The molecule has 80 valence electrons. The van der Waals surface area contributed by atoms with Crippen LogP contribution in [0.15, 0.2) is 30.6 Å². The molecule has 2 N–H and O–H groups in total. The van der Waals surface area contributed by atoms with Crippen molar-refractivity contribution in [3.05, 3.63) is 42.0 Å². The van der Waals surface area contributed by atoms with Crippen LogP contribution in [-0.2, 0) is 6.54 Å². The summed E-state index contributed by atoms with van der Waals surface area (Å²) in [5.74, 6) is -0.312. The summed E-state index contributed by atoms with van der Waals surface area (Å²) in [6, 6.07) is 4.41. The van der Waals surface area contributed by atoms with E-state index in [0.717, 1.165) is 5.56 Å². The molecule has 0 unspecified atom stereocenters. The number of aromatic nitrogens is 3. The Hall–Kier alpha value is -1.46. The third kappa shape index (κ3) is 2.31. The zero-order valence-electron chi connectivity index (χ0n) is 7.80. The van der Waals surface area contributed by atoms with E-state index in [4.69, 9.17) is 5.73 Å². The van der Waals surface area contributed by atoms with E-state index >= 15 is 0 Å². The lowest BCUT2D eigenvalue weighted by atomic mass is 10.2. The van der Waals surface area contributed by atoms with E-state index in [9.17, 15) is 4.39 Å². The highest BCUT2D eigenvalue weighted by Crippen LogP contribution is 2.14. The first-order valence-electron chi connectivity index (χ1n) is 4.16. The summed E-state index contributed by atoms with van der Waals surface area (Å²) in [5, 5.41) is 7.43. The van der Waals surface area contributed by atoms with Gasteiger partial charge in [0, 0.05) is 6.54 Å². The van der Waals surface area contributed by atoms with Crippen molar-refractivity contribution < 1.29 is 4.39 Å². The lowest BCUT2D eigenvalue weighted by Gasteiger charge is -2.06. The van der Waals surface area contributed by atoms with Gasteiger partial charge >= 0.3 is 0 Å². The molecule has 0 saturated carbocycles. The molecule has 0 fully saturated rings. The third-order valence-electron chi connectivity index (χ3n) is 1.94. The van der Waals surface area contributed by atoms with E-state index in [0.29, 0.717) is 12.2 Å². The van der Waals surface area contributed by atoms with Gasteiger partial charge in [0.2, 0.25) is 0 Å². The number of nitrogens with zero attached hydrogens (tertiary/aromatic N) is 3. The number of halogens is 2. The van der Waals surface area contributed by atoms with E-state index in [-0.39, 0.29) is 18.2 Å². The summed E-state index contributed by atoms with van der Waals surface area (Å²) in [6.07, 6.45) is 3.18. The molecule has 1 aromatic heterocycles. The highest BCUT2D eigenvalue weighted by molar-refractivity contribution is 5.85. The maximum atomic E-state index is 13.0. The SMILES string of the molecule is Cl.NCc1ccc(F)cc1-n1ccnn1. The van der Waals surface area contributed by atoms with Crippen molar-refractivity contribution in [1.82, 2.24) is 15.0 Å². The second kappa shape index (κ2) is 4.86. The van der Waals surface area contributed by atoms with E-state index in [1.54, 1.807) is 12.3 Å². The quantitative estimate of drug-likeness (QED) is 0.843. The predicted molar refractivity (Wildman–Crippen MR) is 56.5 cm³/mol. The van der Waals surface area contributed by atoms with Crippen LogP contribution in [0, 0.1) is 5.82 Å². The van der Waals surface area contributed by atoms with Crippen LogP contribution in [0.1, 0.15) is 5.56 Å². The van der Waals surface area contributed by atoms with Gasteiger partial charge in [0.25, 0.3) is 0 Å². The molecule has 6 heteroatoms. The van der Waals surface area contributed by atoms with Crippen LogP contribution in [-0.4, -0.2) is 15.0 Å². The minimum atomic E-state index is -0.312. The molecule has 1 heterocycles. The molecule has 0 aliphatic carbocycles. The summed E-state index contributed by atoms with van der Waals surface area (Å²) in [5.41, 5.74) is 6.98. The number of rotatable bonds is 2. The number of hydrogen-bond acceptors (Lipinski definition) is 3. The fourth-order valence-electron chi connectivity index (χ4n) is 1.26. The Bertz CT molecular complexity index is 430. The molecular formula is C9H10ClFN4. The Kier molecular flexibility index (Phi) is 3.76. The van der Waals surface area contributed by atoms with Crippen molar-refractivity contribution in [2.45, 2.75) is 6.54 Å². The largest absolute Gasteiger partial charge is 0.326 e. The molecule has 1 aromatic carbocycles. The van der Waals surface area contributed by atoms with E-state index in [2.05, 4.69) is 10.3 Å². The molecule has 0 bridgehead atoms. The van der Waals surface area contributed by atoms with Gasteiger partial charge < -0.3 is 5.73 Å². The molecule has 0 spiro atoms. The molecule has 0 amide bonds. The molecular weight excluding hydrogens is 219 g/mol. The Morgan fingerprint density at radius 1 is 1.40 bits per heavy atom.